The molecule has 0 aliphatic carbocycles. The number of amides is 1. The first-order chi connectivity index (χ1) is 8.61. The van der Waals surface area contributed by atoms with Crippen molar-refractivity contribution in [2.75, 3.05) is 5.32 Å². The minimum Gasteiger partial charge on any atom is -0.298 e. The van der Waals surface area contributed by atoms with E-state index in [9.17, 15) is 4.79 Å². The van der Waals surface area contributed by atoms with Crippen molar-refractivity contribution in [1.29, 1.82) is 0 Å². The van der Waals surface area contributed by atoms with Crippen LogP contribution < -0.4 is 5.32 Å². The van der Waals surface area contributed by atoms with Crippen LogP contribution in [0.25, 0.3) is 0 Å². The molecule has 0 saturated heterocycles. The molecule has 0 radical (unpaired) electrons. The van der Waals surface area contributed by atoms with Crippen molar-refractivity contribution in [3.63, 3.8) is 0 Å². The summed E-state index contributed by atoms with van der Waals surface area (Å²) < 4.78 is 0. The van der Waals surface area contributed by atoms with Gasteiger partial charge in [0, 0.05) is 16.0 Å². The number of nitrogens with zero attached hydrogens (tertiary/aromatic N) is 1. The number of hydrogen-bond acceptors (Lipinski definition) is 3. The van der Waals surface area contributed by atoms with Crippen LogP contribution in [0.15, 0.2) is 23.6 Å². The molecule has 6 heteroatoms. The maximum absolute atomic E-state index is 12.0. The van der Waals surface area contributed by atoms with E-state index in [4.69, 9.17) is 23.2 Å². The average molecular weight is 301 g/mol. The molecule has 0 atom stereocenters. The van der Waals surface area contributed by atoms with Gasteiger partial charge < -0.3 is 0 Å². The van der Waals surface area contributed by atoms with Gasteiger partial charge in [-0.2, -0.15) is 0 Å². The molecule has 2 rings (SSSR count). The molecule has 0 bridgehead atoms. The van der Waals surface area contributed by atoms with Gasteiger partial charge in [-0.15, -0.1) is 22.9 Å². The van der Waals surface area contributed by atoms with E-state index in [1.165, 1.54) is 11.3 Å². The van der Waals surface area contributed by atoms with Crippen LogP contribution in [0.3, 0.4) is 0 Å². The normalized spacial score (nSPS) is 10.4. The van der Waals surface area contributed by atoms with Crippen LogP contribution in [0.2, 0.25) is 5.02 Å². The molecule has 3 nitrogen and oxygen atoms in total. The Morgan fingerprint density at radius 1 is 1.50 bits per heavy atom. The summed E-state index contributed by atoms with van der Waals surface area (Å²) in [5, 5.41) is 5.65. The summed E-state index contributed by atoms with van der Waals surface area (Å²) in [5.74, 6) is 0.119. The molecule has 0 fully saturated rings. The van der Waals surface area contributed by atoms with Crippen LogP contribution in [-0.2, 0) is 5.88 Å². The van der Waals surface area contributed by atoms with E-state index in [0.717, 1.165) is 11.3 Å². The van der Waals surface area contributed by atoms with Gasteiger partial charge in [-0.3, -0.25) is 10.1 Å². The molecule has 0 aliphatic rings. The van der Waals surface area contributed by atoms with Crippen LogP contribution in [0.5, 0.6) is 0 Å². The monoisotopic (exact) mass is 300 g/mol. The first kappa shape index (κ1) is 13.3. The summed E-state index contributed by atoms with van der Waals surface area (Å²) in [6.45, 7) is 1.81. The molecule has 2 aromatic rings. The van der Waals surface area contributed by atoms with E-state index >= 15 is 0 Å². The van der Waals surface area contributed by atoms with Crippen LogP contribution in [0.1, 0.15) is 21.6 Å². The number of anilines is 1. The number of nitrogens with one attached hydrogen (secondary N) is 1. The Kier molecular flexibility index (Phi) is 4.22. The van der Waals surface area contributed by atoms with Gasteiger partial charge in [0.25, 0.3) is 5.91 Å². The lowest BCUT2D eigenvalue weighted by Crippen LogP contribution is -2.13. The number of alkyl halides is 1. The Bertz CT molecular complexity index is 583. The summed E-state index contributed by atoms with van der Waals surface area (Å²) in [5.41, 5.74) is 2.05. The Morgan fingerprint density at radius 3 is 2.94 bits per heavy atom. The number of benzene rings is 1. The fourth-order valence-corrected chi connectivity index (χ4v) is 2.55. The molecule has 0 saturated carbocycles. The first-order valence-electron chi connectivity index (χ1n) is 5.18. The Morgan fingerprint density at radius 2 is 2.28 bits per heavy atom. The lowest BCUT2D eigenvalue weighted by atomic mass is 10.1. The summed E-state index contributed by atoms with van der Waals surface area (Å²) in [6.07, 6.45) is 0. The third kappa shape index (κ3) is 2.83. The van der Waals surface area contributed by atoms with Gasteiger partial charge in [-0.1, -0.05) is 17.7 Å². The molecule has 0 unspecified atom stereocenters. The van der Waals surface area contributed by atoms with Crippen molar-refractivity contribution in [1.82, 2.24) is 4.98 Å². The van der Waals surface area contributed by atoms with Crippen LogP contribution in [0.4, 0.5) is 5.13 Å². The van der Waals surface area contributed by atoms with Crippen LogP contribution >= 0.6 is 34.5 Å². The third-order valence-corrected chi connectivity index (χ3v) is 3.91. The van der Waals surface area contributed by atoms with Crippen LogP contribution in [0, 0.1) is 6.92 Å². The number of rotatable bonds is 3. The molecule has 0 spiro atoms. The van der Waals surface area contributed by atoms with E-state index < -0.39 is 0 Å². The van der Waals surface area contributed by atoms with Crippen molar-refractivity contribution in [2.24, 2.45) is 0 Å². The highest BCUT2D eigenvalue weighted by molar-refractivity contribution is 7.14. The minimum absolute atomic E-state index is 0.217. The summed E-state index contributed by atoms with van der Waals surface area (Å²) in [4.78, 5) is 16.2. The molecule has 94 valence electrons. The summed E-state index contributed by atoms with van der Waals surface area (Å²) >= 11 is 13.0. The van der Waals surface area contributed by atoms with Gasteiger partial charge in [0.15, 0.2) is 5.13 Å². The maximum Gasteiger partial charge on any atom is 0.257 e. The predicted octanol–water partition coefficient (Wildman–Crippen LogP) is 4.10. The molecule has 1 amide bonds. The number of carbonyl (C=O) groups excluding carboxylic acids is 1. The zero-order valence-corrected chi connectivity index (χ0v) is 11.9. The van der Waals surface area contributed by atoms with Gasteiger partial charge in [-0.25, -0.2) is 4.98 Å². The zero-order chi connectivity index (χ0) is 13.1. The van der Waals surface area contributed by atoms with Crippen molar-refractivity contribution in [3.8, 4) is 0 Å². The second-order valence-electron chi connectivity index (χ2n) is 3.64. The number of aromatic nitrogens is 1. The number of halogens is 2. The molecular formula is C12H10Cl2N2OS. The number of hydrogen-bond donors (Lipinski definition) is 1. The van der Waals surface area contributed by atoms with E-state index in [1.807, 2.05) is 12.3 Å². The molecule has 1 aromatic carbocycles. The van der Waals surface area contributed by atoms with E-state index in [2.05, 4.69) is 10.3 Å². The van der Waals surface area contributed by atoms with E-state index in [1.54, 1.807) is 18.2 Å². The van der Waals surface area contributed by atoms with Crippen molar-refractivity contribution < 1.29 is 4.79 Å². The summed E-state index contributed by atoms with van der Waals surface area (Å²) in [6, 6.07) is 5.23. The average Bonchev–Trinajstić information content (AvgIpc) is 2.80. The quantitative estimate of drug-likeness (QED) is 0.867. The second-order valence-corrected chi connectivity index (χ2v) is 5.18. The van der Waals surface area contributed by atoms with E-state index in [0.29, 0.717) is 21.6 Å². The predicted molar refractivity (Wildman–Crippen MR) is 75.8 cm³/mol. The van der Waals surface area contributed by atoms with Crippen molar-refractivity contribution in [2.45, 2.75) is 12.8 Å². The van der Waals surface area contributed by atoms with Crippen LogP contribution in [-0.4, -0.2) is 10.9 Å². The molecule has 1 heterocycles. The molecular weight excluding hydrogens is 291 g/mol. The standard InChI is InChI=1S/C12H10Cl2N2OS/c1-7-9(3-2-4-10(7)14)11(17)16-12-15-8(5-13)6-18-12/h2-4,6H,5H2,1H3,(H,15,16,17). The zero-order valence-electron chi connectivity index (χ0n) is 9.54. The Labute approximate surface area is 119 Å². The number of thiazole rings is 1. The van der Waals surface area contributed by atoms with Crippen molar-refractivity contribution >= 4 is 45.6 Å². The maximum atomic E-state index is 12.0. The SMILES string of the molecule is Cc1c(Cl)cccc1C(=O)Nc1nc(CCl)cs1. The van der Waals surface area contributed by atoms with Crippen molar-refractivity contribution in [3.05, 3.63) is 45.4 Å². The lowest BCUT2D eigenvalue weighted by Gasteiger charge is -2.06. The smallest absolute Gasteiger partial charge is 0.257 e. The fraction of sp³-hybridized carbons (Fsp3) is 0.167. The molecule has 18 heavy (non-hydrogen) atoms. The first-order valence-corrected chi connectivity index (χ1v) is 6.98. The number of carbonyl (C=O) groups is 1. The Balaban J connectivity index is 2.19. The van der Waals surface area contributed by atoms with E-state index in [-0.39, 0.29) is 5.91 Å². The highest BCUT2D eigenvalue weighted by Crippen LogP contribution is 2.21. The van der Waals surface area contributed by atoms with Gasteiger partial charge in [-0.05, 0) is 24.6 Å². The Hall–Kier alpha value is -1.10. The highest BCUT2D eigenvalue weighted by atomic mass is 35.5. The highest BCUT2D eigenvalue weighted by Gasteiger charge is 2.12. The molecule has 1 aromatic heterocycles. The van der Waals surface area contributed by atoms with Gasteiger partial charge in [0.2, 0.25) is 0 Å². The topological polar surface area (TPSA) is 42.0 Å². The van der Waals surface area contributed by atoms with Gasteiger partial charge >= 0.3 is 0 Å². The van der Waals surface area contributed by atoms with Gasteiger partial charge in [0.1, 0.15) is 0 Å². The second kappa shape index (κ2) is 5.69. The fourth-order valence-electron chi connectivity index (χ4n) is 1.44. The lowest BCUT2D eigenvalue weighted by molar-refractivity contribution is 0.102. The van der Waals surface area contributed by atoms with Gasteiger partial charge in [0.05, 0.1) is 11.6 Å². The third-order valence-electron chi connectivity index (χ3n) is 2.42. The summed E-state index contributed by atoms with van der Waals surface area (Å²) in [7, 11) is 0. The minimum atomic E-state index is -0.217. The largest absolute Gasteiger partial charge is 0.298 e. The molecule has 1 N–H and O–H groups in total. The molecule has 0 aliphatic heterocycles.